The minimum Gasteiger partial charge on any atom is -0.466 e. The first-order chi connectivity index (χ1) is 24.7. The molecule has 0 fully saturated rings. The summed E-state index contributed by atoms with van der Waals surface area (Å²) in [6.45, 7) is 6.61. The summed E-state index contributed by atoms with van der Waals surface area (Å²) in [6.07, 6.45) is 20.4. The SMILES string of the molecule is CCCCCCCCCCCCCCCCOCC(COC(c1ccccc1)(c1ccccc1)c1ccccc1)OCCCCC(=O)OCC. The lowest BCUT2D eigenvalue weighted by Gasteiger charge is -2.37. The Bertz CT molecular complexity index is 1120. The van der Waals surface area contributed by atoms with Crippen LogP contribution in [0.4, 0.5) is 0 Å². The van der Waals surface area contributed by atoms with Gasteiger partial charge in [-0.2, -0.15) is 0 Å². The highest BCUT2D eigenvalue weighted by Gasteiger charge is 2.38. The second-order valence-electron chi connectivity index (χ2n) is 13.5. The lowest BCUT2D eigenvalue weighted by atomic mass is 9.80. The quantitative estimate of drug-likeness (QED) is 0.0397. The van der Waals surface area contributed by atoms with Crippen LogP contribution >= 0.6 is 0 Å². The fraction of sp³-hybridized carbons (Fsp3) is 0.578. The lowest BCUT2D eigenvalue weighted by molar-refractivity contribution is -0.143. The zero-order chi connectivity index (χ0) is 35.4. The van der Waals surface area contributed by atoms with E-state index < -0.39 is 5.60 Å². The van der Waals surface area contributed by atoms with Crippen LogP contribution in [0.25, 0.3) is 0 Å². The lowest BCUT2D eigenvalue weighted by Crippen LogP contribution is -2.37. The van der Waals surface area contributed by atoms with Crippen LogP contribution in [0.15, 0.2) is 91.0 Å². The molecule has 3 aromatic carbocycles. The van der Waals surface area contributed by atoms with Crippen molar-refractivity contribution in [1.29, 1.82) is 0 Å². The number of hydrogen-bond acceptors (Lipinski definition) is 5. The average Bonchev–Trinajstić information content (AvgIpc) is 3.15. The van der Waals surface area contributed by atoms with E-state index >= 15 is 0 Å². The molecular weight excluding hydrogens is 620 g/mol. The van der Waals surface area contributed by atoms with Gasteiger partial charge >= 0.3 is 5.97 Å². The fourth-order valence-electron chi connectivity index (χ4n) is 6.60. The highest BCUT2D eigenvalue weighted by atomic mass is 16.6. The topological polar surface area (TPSA) is 54.0 Å². The van der Waals surface area contributed by atoms with E-state index in [-0.39, 0.29) is 12.1 Å². The second-order valence-corrected chi connectivity index (χ2v) is 13.5. The van der Waals surface area contributed by atoms with Gasteiger partial charge in [0.05, 0.1) is 19.8 Å². The van der Waals surface area contributed by atoms with E-state index in [2.05, 4.69) is 79.7 Å². The molecule has 276 valence electrons. The molecule has 0 aromatic heterocycles. The highest BCUT2D eigenvalue weighted by molar-refractivity contribution is 5.69. The van der Waals surface area contributed by atoms with Crippen LogP contribution < -0.4 is 0 Å². The van der Waals surface area contributed by atoms with Crippen molar-refractivity contribution in [3.8, 4) is 0 Å². The first kappa shape index (κ1) is 41.4. The summed E-state index contributed by atoms with van der Waals surface area (Å²) in [5.41, 5.74) is 2.38. The van der Waals surface area contributed by atoms with Crippen molar-refractivity contribution in [2.45, 2.75) is 135 Å². The number of esters is 1. The van der Waals surface area contributed by atoms with Gasteiger partial charge in [0.25, 0.3) is 0 Å². The van der Waals surface area contributed by atoms with Crippen molar-refractivity contribution in [3.05, 3.63) is 108 Å². The molecule has 0 N–H and O–H groups in total. The summed E-state index contributed by atoms with van der Waals surface area (Å²) in [6, 6.07) is 31.3. The van der Waals surface area contributed by atoms with Crippen LogP contribution in [0.1, 0.15) is 140 Å². The Balaban J connectivity index is 1.52. The molecular formula is C45H66O5. The zero-order valence-corrected chi connectivity index (χ0v) is 31.3. The maximum Gasteiger partial charge on any atom is 0.305 e. The van der Waals surface area contributed by atoms with Crippen molar-refractivity contribution >= 4 is 5.97 Å². The molecule has 0 aliphatic carbocycles. The molecule has 3 aromatic rings. The predicted molar refractivity (Wildman–Crippen MR) is 207 cm³/mol. The smallest absolute Gasteiger partial charge is 0.305 e. The maximum atomic E-state index is 11.8. The summed E-state index contributed by atoms with van der Waals surface area (Å²) in [7, 11) is 0. The molecule has 0 radical (unpaired) electrons. The Labute approximate surface area is 304 Å². The maximum absolute atomic E-state index is 11.8. The summed E-state index contributed by atoms with van der Waals surface area (Å²) in [5.74, 6) is -0.151. The molecule has 5 heteroatoms. The molecule has 0 aliphatic heterocycles. The summed E-state index contributed by atoms with van der Waals surface area (Å²) < 4.78 is 24.8. The number of carbonyl (C=O) groups is 1. The Morgan fingerprint density at radius 1 is 0.540 bits per heavy atom. The van der Waals surface area contributed by atoms with E-state index in [0.717, 1.165) is 42.6 Å². The zero-order valence-electron chi connectivity index (χ0n) is 31.3. The Morgan fingerprint density at radius 3 is 1.44 bits per heavy atom. The van der Waals surface area contributed by atoms with Gasteiger partial charge in [0.15, 0.2) is 0 Å². The summed E-state index contributed by atoms with van der Waals surface area (Å²) in [4.78, 5) is 11.8. The molecule has 1 unspecified atom stereocenters. The van der Waals surface area contributed by atoms with Crippen LogP contribution in [0, 0.1) is 0 Å². The van der Waals surface area contributed by atoms with Crippen LogP contribution in [0.5, 0.6) is 0 Å². The Hall–Kier alpha value is -2.99. The second kappa shape index (κ2) is 26.8. The van der Waals surface area contributed by atoms with E-state index in [9.17, 15) is 4.79 Å². The van der Waals surface area contributed by atoms with Gasteiger partial charge in [-0.25, -0.2) is 0 Å². The third kappa shape index (κ3) is 15.9. The van der Waals surface area contributed by atoms with Gasteiger partial charge in [0.1, 0.15) is 11.7 Å². The van der Waals surface area contributed by atoms with Gasteiger partial charge < -0.3 is 18.9 Å². The largest absolute Gasteiger partial charge is 0.466 e. The number of hydrogen-bond donors (Lipinski definition) is 0. The minimum absolute atomic E-state index is 0.151. The standard InChI is InChI=1S/C45H66O5/c1-3-5-6-7-8-9-10-11-12-13-14-15-16-27-36-47-38-43(49-37-28-26-35-44(46)48-4-2)39-50-45(40-29-20-17-21-30-40,41-31-22-18-23-32-41)42-33-24-19-25-34-42/h17-25,29-34,43H,3-16,26-28,35-39H2,1-2H3. The van der Waals surface area contributed by atoms with E-state index in [0.29, 0.717) is 32.8 Å². The molecule has 0 spiro atoms. The first-order valence-corrected chi connectivity index (χ1v) is 19.9. The van der Waals surface area contributed by atoms with Crippen molar-refractivity contribution in [3.63, 3.8) is 0 Å². The summed E-state index contributed by atoms with van der Waals surface area (Å²) >= 11 is 0. The molecule has 3 rings (SSSR count). The van der Waals surface area contributed by atoms with Crippen molar-refractivity contribution < 1.29 is 23.7 Å². The van der Waals surface area contributed by atoms with E-state index in [1.807, 2.05) is 25.1 Å². The molecule has 0 saturated carbocycles. The predicted octanol–water partition coefficient (Wildman–Crippen LogP) is 11.6. The summed E-state index contributed by atoms with van der Waals surface area (Å²) in [5, 5.41) is 0. The molecule has 0 amide bonds. The van der Waals surface area contributed by atoms with Gasteiger partial charge in [0, 0.05) is 19.6 Å². The number of unbranched alkanes of at least 4 members (excludes halogenated alkanes) is 14. The molecule has 0 heterocycles. The van der Waals surface area contributed by atoms with Crippen molar-refractivity contribution in [1.82, 2.24) is 0 Å². The van der Waals surface area contributed by atoms with Crippen LogP contribution in [0.3, 0.4) is 0 Å². The highest BCUT2D eigenvalue weighted by Crippen LogP contribution is 2.40. The van der Waals surface area contributed by atoms with E-state index in [1.165, 1.54) is 83.5 Å². The van der Waals surface area contributed by atoms with E-state index in [4.69, 9.17) is 18.9 Å². The first-order valence-electron chi connectivity index (χ1n) is 19.9. The van der Waals surface area contributed by atoms with Crippen LogP contribution in [-0.4, -0.2) is 45.1 Å². The third-order valence-electron chi connectivity index (χ3n) is 9.41. The number of rotatable bonds is 30. The van der Waals surface area contributed by atoms with Gasteiger partial charge in [-0.05, 0) is 42.9 Å². The molecule has 0 saturated heterocycles. The average molecular weight is 687 g/mol. The van der Waals surface area contributed by atoms with Crippen molar-refractivity contribution in [2.75, 3.05) is 33.0 Å². The monoisotopic (exact) mass is 686 g/mol. The van der Waals surface area contributed by atoms with Gasteiger partial charge in [-0.3, -0.25) is 4.79 Å². The molecule has 0 aliphatic rings. The third-order valence-corrected chi connectivity index (χ3v) is 9.41. The van der Waals surface area contributed by atoms with Gasteiger partial charge in [0.2, 0.25) is 0 Å². The normalized spacial score (nSPS) is 12.2. The molecule has 1 atom stereocenters. The Kier molecular flexibility index (Phi) is 22.2. The number of benzene rings is 3. The van der Waals surface area contributed by atoms with Crippen LogP contribution in [0.2, 0.25) is 0 Å². The fourth-order valence-corrected chi connectivity index (χ4v) is 6.60. The number of carbonyl (C=O) groups excluding carboxylic acids is 1. The van der Waals surface area contributed by atoms with Crippen molar-refractivity contribution in [2.24, 2.45) is 0 Å². The van der Waals surface area contributed by atoms with Crippen LogP contribution in [-0.2, 0) is 29.3 Å². The Morgan fingerprint density at radius 2 is 0.980 bits per heavy atom. The van der Waals surface area contributed by atoms with Gasteiger partial charge in [-0.1, -0.05) is 181 Å². The van der Waals surface area contributed by atoms with E-state index in [1.54, 1.807) is 0 Å². The minimum atomic E-state index is -0.816. The van der Waals surface area contributed by atoms with Gasteiger partial charge in [-0.15, -0.1) is 0 Å². The molecule has 50 heavy (non-hydrogen) atoms. The molecule has 0 bridgehead atoms. The molecule has 5 nitrogen and oxygen atoms in total. The number of ether oxygens (including phenoxy) is 4.